The maximum Gasteiger partial charge on any atom is 0.279 e. The summed E-state index contributed by atoms with van der Waals surface area (Å²) in [5, 5.41) is 10.0. The van der Waals surface area contributed by atoms with E-state index in [1.165, 1.54) is 11.4 Å². The Labute approximate surface area is 115 Å². The van der Waals surface area contributed by atoms with E-state index in [1.807, 2.05) is 25.1 Å². The van der Waals surface area contributed by atoms with Crippen LogP contribution in [0.5, 0.6) is 0 Å². The number of aliphatic hydroxyl groups is 1. The van der Waals surface area contributed by atoms with Gasteiger partial charge in [0.25, 0.3) is 10.2 Å². The van der Waals surface area contributed by atoms with Crippen LogP contribution in [-0.4, -0.2) is 37.5 Å². The summed E-state index contributed by atoms with van der Waals surface area (Å²) in [6.45, 7) is 5.42. The SMILES string of the molecule is Cc1ccccc1C(O)CNS(=O)(=O)N(C)C(C)C. The fourth-order valence-corrected chi connectivity index (χ4v) is 2.76. The molecule has 1 aromatic carbocycles. The summed E-state index contributed by atoms with van der Waals surface area (Å²) in [5.41, 5.74) is 1.67. The van der Waals surface area contributed by atoms with Crippen molar-refractivity contribution >= 4 is 10.2 Å². The molecule has 1 aromatic rings. The van der Waals surface area contributed by atoms with Crippen molar-refractivity contribution in [2.45, 2.75) is 32.9 Å². The highest BCUT2D eigenvalue weighted by Crippen LogP contribution is 2.16. The second-order valence-corrected chi connectivity index (χ2v) is 6.65. The Balaban J connectivity index is 2.70. The predicted octanol–water partition coefficient (Wildman–Crippen LogP) is 1.20. The average Bonchev–Trinajstić information content (AvgIpc) is 2.35. The van der Waals surface area contributed by atoms with Crippen LogP contribution in [0.3, 0.4) is 0 Å². The van der Waals surface area contributed by atoms with Gasteiger partial charge in [0.1, 0.15) is 0 Å². The molecule has 0 aliphatic carbocycles. The summed E-state index contributed by atoms with van der Waals surface area (Å²) in [4.78, 5) is 0. The molecule has 0 bridgehead atoms. The number of nitrogens with zero attached hydrogens (tertiary/aromatic N) is 1. The van der Waals surface area contributed by atoms with Gasteiger partial charge < -0.3 is 5.11 Å². The minimum Gasteiger partial charge on any atom is -0.387 e. The zero-order valence-corrected chi connectivity index (χ0v) is 12.6. The Morgan fingerprint density at radius 3 is 2.42 bits per heavy atom. The molecule has 0 radical (unpaired) electrons. The van der Waals surface area contributed by atoms with E-state index in [9.17, 15) is 13.5 Å². The molecule has 0 aliphatic heterocycles. The Morgan fingerprint density at radius 2 is 1.89 bits per heavy atom. The second-order valence-electron chi connectivity index (χ2n) is 4.84. The highest BCUT2D eigenvalue weighted by atomic mass is 32.2. The van der Waals surface area contributed by atoms with Crippen LogP contribution < -0.4 is 4.72 Å². The summed E-state index contributed by atoms with van der Waals surface area (Å²) in [6.07, 6.45) is -0.850. The maximum atomic E-state index is 11.9. The van der Waals surface area contributed by atoms with Gasteiger partial charge in [0.2, 0.25) is 0 Å². The molecule has 0 heterocycles. The van der Waals surface area contributed by atoms with E-state index in [1.54, 1.807) is 19.9 Å². The smallest absolute Gasteiger partial charge is 0.279 e. The highest BCUT2D eigenvalue weighted by Gasteiger charge is 2.21. The molecule has 5 nitrogen and oxygen atoms in total. The van der Waals surface area contributed by atoms with Crippen molar-refractivity contribution < 1.29 is 13.5 Å². The third kappa shape index (κ3) is 4.28. The molecular formula is C13H22N2O3S. The molecule has 108 valence electrons. The van der Waals surface area contributed by atoms with E-state index in [4.69, 9.17) is 0 Å². The summed E-state index contributed by atoms with van der Waals surface area (Å²) in [5.74, 6) is 0. The van der Waals surface area contributed by atoms with Crippen molar-refractivity contribution in [2.75, 3.05) is 13.6 Å². The summed E-state index contributed by atoms with van der Waals surface area (Å²) in [7, 11) is -2.05. The zero-order valence-electron chi connectivity index (χ0n) is 11.8. The minimum absolute atomic E-state index is 0.0375. The van der Waals surface area contributed by atoms with Crippen molar-refractivity contribution in [2.24, 2.45) is 0 Å². The Bertz CT molecular complexity index is 514. The lowest BCUT2D eigenvalue weighted by Crippen LogP contribution is -2.43. The maximum absolute atomic E-state index is 11.9. The molecule has 0 aliphatic rings. The van der Waals surface area contributed by atoms with Gasteiger partial charge in [0.05, 0.1) is 6.10 Å². The molecule has 1 unspecified atom stereocenters. The van der Waals surface area contributed by atoms with Gasteiger partial charge in [-0.25, -0.2) is 0 Å². The average molecular weight is 286 g/mol. The van der Waals surface area contributed by atoms with E-state index in [2.05, 4.69) is 4.72 Å². The molecule has 1 rings (SSSR count). The first-order valence-corrected chi connectivity index (χ1v) is 7.66. The lowest BCUT2D eigenvalue weighted by Gasteiger charge is -2.22. The van der Waals surface area contributed by atoms with Gasteiger partial charge in [0, 0.05) is 19.6 Å². The quantitative estimate of drug-likeness (QED) is 0.825. The number of aryl methyl sites for hydroxylation is 1. The van der Waals surface area contributed by atoms with Crippen LogP contribution >= 0.6 is 0 Å². The van der Waals surface area contributed by atoms with Gasteiger partial charge in [-0.1, -0.05) is 24.3 Å². The largest absolute Gasteiger partial charge is 0.387 e. The van der Waals surface area contributed by atoms with Crippen LogP contribution in [0, 0.1) is 6.92 Å². The van der Waals surface area contributed by atoms with Gasteiger partial charge in [0.15, 0.2) is 0 Å². The first kappa shape index (κ1) is 16.1. The Kier molecular flexibility index (Phi) is 5.49. The van der Waals surface area contributed by atoms with Crippen molar-refractivity contribution in [3.05, 3.63) is 35.4 Å². The third-order valence-corrected chi connectivity index (χ3v) is 4.82. The number of rotatable bonds is 6. The van der Waals surface area contributed by atoms with E-state index < -0.39 is 16.3 Å². The lowest BCUT2D eigenvalue weighted by molar-refractivity contribution is 0.180. The van der Waals surface area contributed by atoms with Crippen molar-refractivity contribution in [1.82, 2.24) is 9.03 Å². The summed E-state index contributed by atoms with van der Waals surface area (Å²) < 4.78 is 27.4. The molecule has 0 saturated heterocycles. The molecular weight excluding hydrogens is 264 g/mol. The normalized spacial score (nSPS) is 14.1. The summed E-state index contributed by atoms with van der Waals surface area (Å²) >= 11 is 0. The van der Waals surface area contributed by atoms with E-state index in [0.29, 0.717) is 0 Å². The van der Waals surface area contributed by atoms with Crippen LogP contribution in [0.15, 0.2) is 24.3 Å². The molecule has 2 N–H and O–H groups in total. The molecule has 1 atom stereocenters. The predicted molar refractivity (Wildman–Crippen MR) is 76.0 cm³/mol. The third-order valence-electron chi connectivity index (χ3n) is 3.11. The standard InChI is InChI=1S/C13H22N2O3S/c1-10(2)15(4)19(17,18)14-9-13(16)12-8-6-5-7-11(12)3/h5-8,10,13-14,16H,9H2,1-4H3. The molecule has 6 heteroatoms. The molecule has 0 spiro atoms. The van der Waals surface area contributed by atoms with Crippen LogP contribution in [0.4, 0.5) is 0 Å². The second kappa shape index (κ2) is 6.47. The van der Waals surface area contributed by atoms with Crippen LogP contribution in [0.1, 0.15) is 31.1 Å². The first-order chi connectivity index (χ1) is 8.75. The number of nitrogens with one attached hydrogen (secondary N) is 1. The lowest BCUT2D eigenvalue weighted by atomic mass is 10.0. The number of hydrogen-bond acceptors (Lipinski definition) is 3. The number of benzene rings is 1. The van der Waals surface area contributed by atoms with Crippen molar-refractivity contribution in [1.29, 1.82) is 0 Å². The molecule has 0 amide bonds. The van der Waals surface area contributed by atoms with Gasteiger partial charge >= 0.3 is 0 Å². The highest BCUT2D eigenvalue weighted by molar-refractivity contribution is 7.87. The van der Waals surface area contributed by atoms with E-state index >= 15 is 0 Å². The van der Waals surface area contributed by atoms with Crippen LogP contribution in [0.2, 0.25) is 0 Å². The van der Waals surface area contributed by atoms with Crippen molar-refractivity contribution in [3.63, 3.8) is 0 Å². The first-order valence-electron chi connectivity index (χ1n) is 6.22. The van der Waals surface area contributed by atoms with Gasteiger partial charge in [-0.05, 0) is 31.9 Å². The van der Waals surface area contributed by atoms with Crippen LogP contribution in [0.25, 0.3) is 0 Å². The van der Waals surface area contributed by atoms with Crippen molar-refractivity contribution in [3.8, 4) is 0 Å². The van der Waals surface area contributed by atoms with E-state index in [0.717, 1.165) is 11.1 Å². The topological polar surface area (TPSA) is 69.6 Å². The van der Waals surface area contributed by atoms with E-state index in [-0.39, 0.29) is 12.6 Å². The molecule has 0 fully saturated rings. The Hall–Kier alpha value is -0.950. The fourth-order valence-electron chi connectivity index (χ4n) is 1.63. The molecule has 0 saturated carbocycles. The zero-order chi connectivity index (χ0) is 14.6. The molecule has 19 heavy (non-hydrogen) atoms. The number of aliphatic hydroxyl groups excluding tert-OH is 1. The van der Waals surface area contributed by atoms with Gasteiger partial charge in [-0.2, -0.15) is 17.4 Å². The fraction of sp³-hybridized carbons (Fsp3) is 0.538. The molecule has 0 aromatic heterocycles. The van der Waals surface area contributed by atoms with Gasteiger partial charge in [-0.3, -0.25) is 0 Å². The Morgan fingerprint density at radius 1 is 1.32 bits per heavy atom. The minimum atomic E-state index is -3.55. The van der Waals surface area contributed by atoms with Crippen LogP contribution in [-0.2, 0) is 10.2 Å². The number of hydrogen-bond donors (Lipinski definition) is 2. The van der Waals surface area contributed by atoms with Gasteiger partial charge in [-0.15, -0.1) is 0 Å². The summed E-state index contributed by atoms with van der Waals surface area (Å²) in [6, 6.07) is 7.24. The monoisotopic (exact) mass is 286 g/mol.